The predicted molar refractivity (Wildman–Crippen MR) is 91.1 cm³/mol. The lowest BCUT2D eigenvalue weighted by atomic mass is 9.94. The number of rotatable bonds is 1. The summed E-state index contributed by atoms with van der Waals surface area (Å²) in [6.45, 7) is 6.45. The van der Waals surface area contributed by atoms with Crippen LogP contribution in [-0.2, 0) is 0 Å². The lowest BCUT2D eigenvalue weighted by molar-refractivity contribution is 0.473. The quantitative estimate of drug-likeness (QED) is 0.848. The van der Waals surface area contributed by atoms with E-state index >= 15 is 0 Å². The number of pyridine rings is 1. The minimum absolute atomic E-state index is 0.229. The highest BCUT2D eigenvalue weighted by Crippen LogP contribution is 2.28. The third-order valence-electron chi connectivity index (χ3n) is 3.44. The summed E-state index contributed by atoms with van der Waals surface area (Å²) in [5.41, 5.74) is 11.0. The molecule has 0 atom stereocenters. The number of benzene rings is 1. The standard InChI is InChI=1S/C16H15N3O.C2H6/c1-10-3-2-4-14(20)15(10)16-11-5-7-18-9-12(11)13(17)6-8-19-16;1-2/h2-7,9,20H,8,17H2,1H3;1-2H3. The molecule has 2 aromatic rings. The molecule has 0 bridgehead atoms. The Kier molecular flexibility index (Phi) is 4.94. The Hall–Kier alpha value is -2.62. The van der Waals surface area contributed by atoms with Crippen molar-refractivity contribution in [3.63, 3.8) is 0 Å². The number of aryl methyl sites for hydroxylation is 1. The van der Waals surface area contributed by atoms with E-state index in [0.717, 1.165) is 28.0 Å². The van der Waals surface area contributed by atoms with E-state index in [1.54, 1.807) is 18.5 Å². The van der Waals surface area contributed by atoms with Crippen LogP contribution in [0.3, 0.4) is 0 Å². The summed E-state index contributed by atoms with van der Waals surface area (Å²) in [5, 5.41) is 10.2. The summed E-state index contributed by atoms with van der Waals surface area (Å²) in [7, 11) is 0. The van der Waals surface area contributed by atoms with Crippen molar-refractivity contribution in [1.82, 2.24) is 4.98 Å². The van der Waals surface area contributed by atoms with Crippen LogP contribution in [0, 0.1) is 6.92 Å². The predicted octanol–water partition coefficient (Wildman–Crippen LogP) is 3.27. The first-order valence-electron chi connectivity index (χ1n) is 7.42. The molecule has 0 saturated carbocycles. The molecule has 1 aliphatic rings. The molecule has 22 heavy (non-hydrogen) atoms. The first-order chi connectivity index (χ1) is 10.7. The van der Waals surface area contributed by atoms with E-state index in [0.29, 0.717) is 12.2 Å². The molecule has 0 saturated heterocycles. The van der Waals surface area contributed by atoms with Crippen LogP contribution in [0.5, 0.6) is 5.75 Å². The molecule has 0 amide bonds. The maximum atomic E-state index is 10.2. The van der Waals surface area contributed by atoms with Crippen LogP contribution in [0.1, 0.15) is 36.1 Å². The van der Waals surface area contributed by atoms with Gasteiger partial charge in [0.15, 0.2) is 0 Å². The molecule has 0 unspecified atom stereocenters. The minimum atomic E-state index is 0.229. The number of phenols is 1. The van der Waals surface area contributed by atoms with Crippen molar-refractivity contribution in [1.29, 1.82) is 0 Å². The molecule has 3 N–H and O–H groups in total. The molecule has 114 valence electrons. The van der Waals surface area contributed by atoms with Crippen LogP contribution < -0.4 is 5.73 Å². The van der Waals surface area contributed by atoms with Gasteiger partial charge in [-0.15, -0.1) is 0 Å². The van der Waals surface area contributed by atoms with E-state index in [4.69, 9.17) is 5.73 Å². The fourth-order valence-corrected chi connectivity index (χ4v) is 2.44. The van der Waals surface area contributed by atoms with Gasteiger partial charge in [-0.3, -0.25) is 9.98 Å². The summed E-state index contributed by atoms with van der Waals surface area (Å²) in [5.74, 6) is 0.229. The lowest BCUT2D eigenvalue weighted by Gasteiger charge is -2.13. The Morgan fingerprint density at radius 2 is 1.91 bits per heavy atom. The zero-order chi connectivity index (χ0) is 16.1. The van der Waals surface area contributed by atoms with Crippen molar-refractivity contribution >= 4 is 11.4 Å². The Labute approximate surface area is 131 Å². The molecule has 1 aromatic carbocycles. The van der Waals surface area contributed by atoms with Gasteiger partial charge in [0.25, 0.3) is 0 Å². The second kappa shape index (κ2) is 6.89. The van der Waals surface area contributed by atoms with E-state index in [9.17, 15) is 5.11 Å². The van der Waals surface area contributed by atoms with E-state index < -0.39 is 0 Å². The summed E-state index contributed by atoms with van der Waals surface area (Å²) in [6, 6.07) is 7.34. The van der Waals surface area contributed by atoms with Gasteiger partial charge in [-0.25, -0.2) is 0 Å². The topological polar surface area (TPSA) is 71.5 Å². The van der Waals surface area contributed by atoms with Crippen molar-refractivity contribution in [2.24, 2.45) is 10.7 Å². The van der Waals surface area contributed by atoms with Gasteiger partial charge in [-0.2, -0.15) is 0 Å². The highest BCUT2D eigenvalue weighted by atomic mass is 16.3. The Morgan fingerprint density at radius 3 is 2.64 bits per heavy atom. The third kappa shape index (κ3) is 2.86. The normalized spacial score (nSPS) is 13.0. The van der Waals surface area contributed by atoms with Crippen molar-refractivity contribution in [3.8, 4) is 5.75 Å². The van der Waals surface area contributed by atoms with Gasteiger partial charge in [0.05, 0.1) is 12.3 Å². The monoisotopic (exact) mass is 295 g/mol. The SMILES string of the molecule is CC.Cc1cccc(O)c1C1=NCC=C(N)c2cnccc21. The van der Waals surface area contributed by atoms with Crippen LogP contribution in [-0.4, -0.2) is 22.3 Å². The van der Waals surface area contributed by atoms with Gasteiger partial charge < -0.3 is 10.8 Å². The summed E-state index contributed by atoms with van der Waals surface area (Å²) in [6.07, 6.45) is 5.31. The molecule has 1 aromatic heterocycles. The lowest BCUT2D eigenvalue weighted by Crippen LogP contribution is -2.10. The van der Waals surface area contributed by atoms with Gasteiger partial charge in [-0.1, -0.05) is 26.0 Å². The van der Waals surface area contributed by atoms with Gasteiger partial charge in [0, 0.05) is 34.8 Å². The number of fused-ring (bicyclic) bond motifs is 1. The van der Waals surface area contributed by atoms with E-state index in [1.165, 1.54) is 0 Å². The number of aromatic hydroxyl groups is 1. The van der Waals surface area contributed by atoms with Crippen LogP contribution >= 0.6 is 0 Å². The van der Waals surface area contributed by atoms with E-state index in [1.807, 2.05) is 45.0 Å². The zero-order valence-corrected chi connectivity index (χ0v) is 13.2. The van der Waals surface area contributed by atoms with Gasteiger partial charge in [0.2, 0.25) is 0 Å². The fourth-order valence-electron chi connectivity index (χ4n) is 2.44. The Bertz CT molecular complexity index is 713. The largest absolute Gasteiger partial charge is 0.507 e. The second-order valence-electron chi connectivity index (χ2n) is 4.74. The number of nitrogens with zero attached hydrogens (tertiary/aromatic N) is 2. The molecule has 0 fully saturated rings. The molecule has 3 rings (SSSR count). The number of hydrogen-bond donors (Lipinski definition) is 2. The molecule has 4 heteroatoms. The average molecular weight is 295 g/mol. The summed E-state index contributed by atoms with van der Waals surface area (Å²) in [4.78, 5) is 8.70. The summed E-state index contributed by atoms with van der Waals surface area (Å²) >= 11 is 0. The Balaban J connectivity index is 0.000000847. The molecular formula is C18H21N3O. The van der Waals surface area contributed by atoms with Crippen molar-refractivity contribution in [2.75, 3.05) is 6.54 Å². The number of phenolic OH excluding ortho intramolecular Hbond substituents is 1. The summed E-state index contributed by atoms with van der Waals surface area (Å²) < 4.78 is 0. The zero-order valence-electron chi connectivity index (χ0n) is 13.2. The highest BCUT2D eigenvalue weighted by molar-refractivity contribution is 6.17. The second-order valence-corrected chi connectivity index (χ2v) is 4.74. The van der Waals surface area contributed by atoms with Crippen molar-refractivity contribution in [3.05, 3.63) is 65.0 Å². The molecule has 4 nitrogen and oxygen atoms in total. The molecule has 1 aliphatic heterocycles. The van der Waals surface area contributed by atoms with Crippen LogP contribution in [0.2, 0.25) is 0 Å². The first kappa shape index (κ1) is 15.8. The number of aliphatic imine (C=N–C) groups is 1. The third-order valence-corrected chi connectivity index (χ3v) is 3.44. The number of aromatic nitrogens is 1. The highest BCUT2D eigenvalue weighted by Gasteiger charge is 2.19. The van der Waals surface area contributed by atoms with Crippen molar-refractivity contribution in [2.45, 2.75) is 20.8 Å². The fraction of sp³-hybridized carbons (Fsp3) is 0.222. The molecule has 0 aliphatic carbocycles. The van der Waals surface area contributed by atoms with Gasteiger partial charge in [0.1, 0.15) is 5.75 Å². The maximum absolute atomic E-state index is 10.2. The maximum Gasteiger partial charge on any atom is 0.125 e. The van der Waals surface area contributed by atoms with E-state index in [2.05, 4.69) is 9.98 Å². The smallest absolute Gasteiger partial charge is 0.125 e. The minimum Gasteiger partial charge on any atom is -0.507 e. The molecule has 0 radical (unpaired) electrons. The number of nitrogens with two attached hydrogens (primary N) is 1. The van der Waals surface area contributed by atoms with Gasteiger partial charge >= 0.3 is 0 Å². The molecule has 2 heterocycles. The Morgan fingerprint density at radius 1 is 1.14 bits per heavy atom. The van der Waals surface area contributed by atoms with Crippen molar-refractivity contribution < 1.29 is 5.11 Å². The van der Waals surface area contributed by atoms with Gasteiger partial charge in [-0.05, 0) is 30.7 Å². The molecular weight excluding hydrogens is 274 g/mol. The average Bonchev–Trinajstić information content (AvgIpc) is 2.70. The van der Waals surface area contributed by atoms with E-state index in [-0.39, 0.29) is 5.75 Å². The van der Waals surface area contributed by atoms with Crippen LogP contribution in [0.4, 0.5) is 0 Å². The van der Waals surface area contributed by atoms with Crippen LogP contribution in [0.25, 0.3) is 5.70 Å². The number of hydrogen-bond acceptors (Lipinski definition) is 4. The van der Waals surface area contributed by atoms with Crippen LogP contribution in [0.15, 0.2) is 47.7 Å². The molecule has 0 spiro atoms. The first-order valence-corrected chi connectivity index (χ1v) is 7.42.